The zero-order chi connectivity index (χ0) is 13.2. The fraction of sp³-hybridized carbons (Fsp3) is 0.294. The number of halogens is 1. The van der Waals surface area contributed by atoms with Crippen molar-refractivity contribution in [3.8, 4) is 11.1 Å². The largest absolute Gasteiger partial charge is 0.385 e. The second kappa shape index (κ2) is 5.26. The van der Waals surface area contributed by atoms with Crippen LogP contribution in [-0.4, -0.2) is 6.54 Å². The van der Waals surface area contributed by atoms with Crippen LogP contribution in [0.15, 0.2) is 36.4 Å². The van der Waals surface area contributed by atoms with Gasteiger partial charge in [0.15, 0.2) is 0 Å². The summed E-state index contributed by atoms with van der Waals surface area (Å²) in [5, 5.41) is 4.34. The van der Waals surface area contributed by atoms with E-state index in [9.17, 15) is 0 Å². The van der Waals surface area contributed by atoms with Gasteiger partial charge >= 0.3 is 0 Å². The number of fused-ring (bicyclic) bond motifs is 1. The van der Waals surface area contributed by atoms with Crippen LogP contribution in [0.2, 0.25) is 5.02 Å². The molecule has 0 aliphatic carbocycles. The molecule has 0 spiro atoms. The van der Waals surface area contributed by atoms with Crippen molar-refractivity contribution in [3.63, 3.8) is 0 Å². The Balaban J connectivity index is 2.00. The maximum Gasteiger partial charge on any atom is 0.0444 e. The Bertz CT molecular complexity index is 604. The number of hydrogen-bond acceptors (Lipinski definition) is 1. The Morgan fingerprint density at radius 3 is 2.68 bits per heavy atom. The summed E-state index contributed by atoms with van der Waals surface area (Å²) in [5.41, 5.74) is 6.34. The summed E-state index contributed by atoms with van der Waals surface area (Å²) in [6, 6.07) is 13.0. The van der Waals surface area contributed by atoms with Crippen molar-refractivity contribution < 1.29 is 0 Å². The molecule has 0 bridgehead atoms. The van der Waals surface area contributed by atoms with Crippen LogP contribution in [-0.2, 0) is 12.8 Å². The van der Waals surface area contributed by atoms with Gasteiger partial charge in [-0.2, -0.15) is 0 Å². The van der Waals surface area contributed by atoms with Gasteiger partial charge in [-0.15, -0.1) is 0 Å². The molecule has 0 saturated carbocycles. The molecule has 0 amide bonds. The predicted octanol–water partition coefficient (Wildman–Crippen LogP) is 4.93. The van der Waals surface area contributed by atoms with E-state index in [1.54, 1.807) is 0 Å². The molecule has 1 aliphatic rings. The molecule has 2 aromatic rings. The highest BCUT2D eigenvalue weighted by molar-refractivity contribution is 6.31. The fourth-order valence-electron chi connectivity index (χ4n) is 2.65. The van der Waals surface area contributed by atoms with Crippen LogP contribution < -0.4 is 5.32 Å². The van der Waals surface area contributed by atoms with Crippen molar-refractivity contribution in [2.24, 2.45) is 0 Å². The van der Waals surface area contributed by atoms with E-state index in [2.05, 4.69) is 48.6 Å². The second-order valence-electron chi connectivity index (χ2n) is 5.06. The van der Waals surface area contributed by atoms with Gasteiger partial charge in [-0.1, -0.05) is 42.8 Å². The molecule has 98 valence electrons. The van der Waals surface area contributed by atoms with Crippen LogP contribution >= 0.6 is 11.6 Å². The average Bonchev–Trinajstić information content (AvgIpc) is 2.46. The van der Waals surface area contributed by atoms with Gasteiger partial charge in [0.25, 0.3) is 0 Å². The molecule has 2 aromatic carbocycles. The van der Waals surface area contributed by atoms with Gasteiger partial charge < -0.3 is 5.32 Å². The Hall–Kier alpha value is -1.47. The van der Waals surface area contributed by atoms with Crippen LogP contribution in [0, 0.1) is 0 Å². The van der Waals surface area contributed by atoms with Gasteiger partial charge in [-0.3, -0.25) is 0 Å². The summed E-state index contributed by atoms with van der Waals surface area (Å²) in [4.78, 5) is 0. The lowest BCUT2D eigenvalue weighted by atomic mass is 9.97. The van der Waals surface area contributed by atoms with E-state index in [1.165, 1.54) is 40.8 Å². The molecular formula is C17H18ClN. The van der Waals surface area contributed by atoms with Crippen molar-refractivity contribution >= 4 is 17.3 Å². The molecule has 0 aromatic heterocycles. The standard InChI is InChI=1S/C17H18ClN/c1-2-12-5-7-14(10-16(12)18)15-8-6-13-4-3-9-19-17(13)11-15/h5-8,10-11,19H,2-4,9H2,1H3. The highest BCUT2D eigenvalue weighted by Gasteiger charge is 2.10. The number of aryl methyl sites for hydroxylation is 2. The summed E-state index contributed by atoms with van der Waals surface area (Å²) in [6.45, 7) is 3.20. The normalized spacial score (nSPS) is 13.8. The molecule has 0 fully saturated rings. The predicted molar refractivity (Wildman–Crippen MR) is 83.1 cm³/mol. The number of anilines is 1. The molecule has 0 radical (unpaired) electrons. The van der Waals surface area contributed by atoms with Crippen LogP contribution in [0.3, 0.4) is 0 Å². The first kappa shape index (κ1) is 12.6. The van der Waals surface area contributed by atoms with Crippen molar-refractivity contribution in [1.82, 2.24) is 0 Å². The molecule has 19 heavy (non-hydrogen) atoms. The van der Waals surface area contributed by atoms with E-state index >= 15 is 0 Å². The van der Waals surface area contributed by atoms with Gasteiger partial charge in [0, 0.05) is 17.3 Å². The lowest BCUT2D eigenvalue weighted by Crippen LogP contribution is -2.11. The molecule has 0 atom stereocenters. The van der Waals surface area contributed by atoms with Crippen molar-refractivity contribution in [3.05, 3.63) is 52.5 Å². The maximum absolute atomic E-state index is 6.31. The Morgan fingerprint density at radius 1 is 1.11 bits per heavy atom. The average molecular weight is 272 g/mol. The first-order valence-electron chi connectivity index (χ1n) is 6.93. The van der Waals surface area contributed by atoms with E-state index in [4.69, 9.17) is 11.6 Å². The van der Waals surface area contributed by atoms with Crippen molar-refractivity contribution in [1.29, 1.82) is 0 Å². The zero-order valence-corrected chi connectivity index (χ0v) is 11.9. The third kappa shape index (κ3) is 2.48. The second-order valence-corrected chi connectivity index (χ2v) is 5.47. The quantitative estimate of drug-likeness (QED) is 0.817. The van der Waals surface area contributed by atoms with Gasteiger partial charge in [0.2, 0.25) is 0 Å². The van der Waals surface area contributed by atoms with Crippen molar-refractivity contribution in [2.45, 2.75) is 26.2 Å². The van der Waals surface area contributed by atoms with E-state index in [0.29, 0.717) is 0 Å². The first-order valence-corrected chi connectivity index (χ1v) is 7.31. The van der Waals surface area contributed by atoms with E-state index in [-0.39, 0.29) is 0 Å². The molecule has 1 nitrogen and oxygen atoms in total. The zero-order valence-electron chi connectivity index (χ0n) is 11.2. The summed E-state index contributed by atoms with van der Waals surface area (Å²) in [5.74, 6) is 0. The maximum atomic E-state index is 6.31. The first-order chi connectivity index (χ1) is 9.28. The lowest BCUT2D eigenvalue weighted by molar-refractivity contribution is 0.830. The molecule has 0 saturated heterocycles. The lowest BCUT2D eigenvalue weighted by Gasteiger charge is -2.19. The monoisotopic (exact) mass is 271 g/mol. The SMILES string of the molecule is CCc1ccc(-c2ccc3c(c2)NCCC3)cc1Cl. The van der Waals surface area contributed by atoms with Gasteiger partial charge in [0.1, 0.15) is 0 Å². The minimum Gasteiger partial charge on any atom is -0.385 e. The van der Waals surface area contributed by atoms with Crippen LogP contribution in [0.4, 0.5) is 5.69 Å². The molecule has 2 heteroatoms. The topological polar surface area (TPSA) is 12.0 Å². The molecule has 3 rings (SSSR count). The third-order valence-electron chi connectivity index (χ3n) is 3.82. The Kier molecular flexibility index (Phi) is 3.48. The molecule has 1 N–H and O–H groups in total. The number of hydrogen-bond donors (Lipinski definition) is 1. The van der Waals surface area contributed by atoms with E-state index in [0.717, 1.165) is 18.0 Å². The third-order valence-corrected chi connectivity index (χ3v) is 4.17. The smallest absolute Gasteiger partial charge is 0.0444 e. The summed E-state index contributed by atoms with van der Waals surface area (Å²) in [6.07, 6.45) is 3.38. The van der Waals surface area contributed by atoms with Crippen LogP contribution in [0.5, 0.6) is 0 Å². The Labute approximate surface area is 119 Å². The minimum atomic E-state index is 0.866. The molecular weight excluding hydrogens is 254 g/mol. The fourth-order valence-corrected chi connectivity index (χ4v) is 2.97. The molecule has 1 heterocycles. The minimum absolute atomic E-state index is 0.866. The van der Waals surface area contributed by atoms with Crippen LogP contribution in [0.1, 0.15) is 24.5 Å². The molecule has 1 aliphatic heterocycles. The highest BCUT2D eigenvalue weighted by Crippen LogP contribution is 2.31. The number of rotatable bonds is 2. The van der Waals surface area contributed by atoms with E-state index in [1.807, 2.05) is 0 Å². The number of nitrogens with one attached hydrogen (secondary N) is 1. The van der Waals surface area contributed by atoms with Crippen LogP contribution in [0.25, 0.3) is 11.1 Å². The van der Waals surface area contributed by atoms with Gasteiger partial charge in [-0.25, -0.2) is 0 Å². The Morgan fingerprint density at radius 2 is 1.89 bits per heavy atom. The molecule has 0 unspecified atom stereocenters. The summed E-state index contributed by atoms with van der Waals surface area (Å²) < 4.78 is 0. The van der Waals surface area contributed by atoms with Crippen molar-refractivity contribution in [2.75, 3.05) is 11.9 Å². The van der Waals surface area contributed by atoms with Gasteiger partial charge in [-0.05, 0) is 53.6 Å². The summed E-state index contributed by atoms with van der Waals surface area (Å²) >= 11 is 6.31. The van der Waals surface area contributed by atoms with Gasteiger partial charge in [0.05, 0.1) is 0 Å². The highest BCUT2D eigenvalue weighted by atomic mass is 35.5. The van der Waals surface area contributed by atoms with E-state index < -0.39 is 0 Å². The summed E-state index contributed by atoms with van der Waals surface area (Å²) in [7, 11) is 0. The number of benzene rings is 2.